The molecule has 0 saturated heterocycles. The van der Waals surface area contributed by atoms with E-state index in [1.54, 1.807) is 0 Å². The molecule has 2 saturated carbocycles. The van der Waals surface area contributed by atoms with Gasteiger partial charge in [-0.05, 0) is 118 Å². The van der Waals surface area contributed by atoms with Crippen LogP contribution in [0.3, 0.4) is 0 Å². The highest BCUT2D eigenvalue weighted by atomic mass is 32.2. The molecule has 0 bridgehead atoms. The minimum Gasteiger partial charge on any atom is -0.454 e. The van der Waals surface area contributed by atoms with Gasteiger partial charge in [-0.25, -0.2) is 9.59 Å². The number of hydrogen-bond donors (Lipinski definition) is 0. The van der Waals surface area contributed by atoms with Crippen LogP contribution in [0.4, 0.5) is 9.59 Å². The van der Waals surface area contributed by atoms with Crippen molar-refractivity contribution in [1.82, 2.24) is 0 Å². The van der Waals surface area contributed by atoms with Gasteiger partial charge in [0.1, 0.15) is 12.2 Å². The molecule has 48 heavy (non-hydrogen) atoms. The Morgan fingerprint density at radius 3 is 1.38 bits per heavy atom. The van der Waals surface area contributed by atoms with E-state index in [-0.39, 0.29) is 22.8 Å². The van der Waals surface area contributed by atoms with E-state index in [0.717, 1.165) is 68.1 Å². The van der Waals surface area contributed by atoms with Crippen molar-refractivity contribution in [1.29, 1.82) is 0 Å². The summed E-state index contributed by atoms with van der Waals surface area (Å²) < 4.78 is 12.6. The summed E-state index contributed by atoms with van der Waals surface area (Å²) in [6.45, 7) is 13.5. The second-order valence-corrected chi connectivity index (χ2v) is 16.9. The van der Waals surface area contributed by atoms with Crippen molar-refractivity contribution in [2.45, 2.75) is 102 Å². The van der Waals surface area contributed by atoms with E-state index in [2.05, 4.69) is 77.9 Å². The molecule has 6 rings (SSSR count). The minimum atomic E-state index is -0.267. The van der Waals surface area contributed by atoms with E-state index in [1.807, 2.05) is 36.4 Å². The molecule has 6 heteroatoms. The van der Waals surface area contributed by atoms with Crippen molar-refractivity contribution in [3.63, 3.8) is 0 Å². The third-order valence-electron chi connectivity index (χ3n) is 10.8. The van der Waals surface area contributed by atoms with Crippen LogP contribution in [0.15, 0.2) is 82.6 Å². The molecule has 4 aromatic carbocycles. The highest BCUT2D eigenvalue weighted by Gasteiger charge is 2.35. The molecule has 4 aromatic rings. The summed E-state index contributed by atoms with van der Waals surface area (Å²) in [5, 5.41) is 3.69. The van der Waals surface area contributed by atoms with Crippen molar-refractivity contribution in [3.8, 4) is 11.1 Å². The monoisotopic (exact) mass is 682 g/mol. The van der Waals surface area contributed by atoms with Gasteiger partial charge in [0.2, 0.25) is 0 Å². The van der Waals surface area contributed by atoms with Gasteiger partial charge in [0.05, 0.1) is 0 Å². The van der Waals surface area contributed by atoms with E-state index >= 15 is 0 Å². The summed E-state index contributed by atoms with van der Waals surface area (Å²) in [6, 6.07) is 24.8. The van der Waals surface area contributed by atoms with Gasteiger partial charge in [-0.1, -0.05) is 115 Å². The molecule has 0 aliphatic heterocycles. The molecule has 0 spiro atoms. The van der Waals surface area contributed by atoms with Gasteiger partial charge in [0.15, 0.2) is 0 Å². The first kappa shape index (κ1) is 34.9. The zero-order valence-electron chi connectivity index (χ0n) is 29.2. The average Bonchev–Trinajstić information content (AvgIpc) is 3.04. The van der Waals surface area contributed by atoms with Crippen molar-refractivity contribution < 1.29 is 19.1 Å². The number of rotatable bonds is 7. The molecular weight excluding hydrogens is 633 g/mol. The van der Waals surface area contributed by atoms with E-state index < -0.39 is 0 Å². The number of fused-ring (bicyclic) bond motifs is 2. The molecule has 254 valence electrons. The lowest BCUT2D eigenvalue weighted by Gasteiger charge is -2.36. The summed E-state index contributed by atoms with van der Waals surface area (Å²) in [5.74, 6) is 2.74. The predicted molar refractivity (Wildman–Crippen MR) is 202 cm³/mol. The van der Waals surface area contributed by atoms with Gasteiger partial charge >= 0.3 is 10.6 Å². The summed E-state index contributed by atoms with van der Waals surface area (Å²) in [4.78, 5) is 29.3. The fraction of sp³-hybridized carbons (Fsp3) is 0.476. The lowest BCUT2D eigenvalue weighted by Crippen LogP contribution is -2.35. The standard InChI is InChI=1S/C42H50O4S2/c1-25(2)31-19-15-27(5)23-35(31)45-41(43)47-37-21-17-29-11-7-9-13-33(29)39(37)40-34-14-10-8-12-30(34)18-22-38(40)48-42(44)46-36-24-28(6)16-20-32(36)26(3)4/h7-14,17-18,21-22,25-28,31-32,35-36H,15-16,19-20,23-24H2,1-6H3/t27-,28-,31+,32+,35-,36-/m1/s1. The molecule has 2 aliphatic rings. The van der Waals surface area contributed by atoms with Gasteiger partial charge in [0, 0.05) is 20.9 Å². The number of ether oxygens (including phenoxy) is 2. The summed E-state index contributed by atoms with van der Waals surface area (Å²) >= 11 is 2.34. The van der Waals surface area contributed by atoms with Crippen LogP contribution in [0.1, 0.15) is 80.1 Å². The summed E-state index contributed by atoms with van der Waals surface area (Å²) in [5.41, 5.74) is 1.90. The fourth-order valence-electron chi connectivity index (χ4n) is 8.16. The van der Waals surface area contributed by atoms with Crippen molar-refractivity contribution in [2.75, 3.05) is 0 Å². The van der Waals surface area contributed by atoms with Crippen LogP contribution < -0.4 is 0 Å². The molecular formula is C42H50O4S2. The molecule has 2 fully saturated rings. The maximum Gasteiger partial charge on any atom is 0.372 e. The zero-order valence-corrected chi connectivity index (χ0v) is 30.9. The SMILES string of the molecule is CC(C)[C@@H]1CC[C@@H](C)C[C@H]1OC(=O)Sc1ccc2ccccc2c1-c1c(SC(=O)O[C@@H]2C[C@H](C)CC[C@H]2C(C)C)ccc2ccccc12. The maximum absolute atomic E-state index is 13.8. The molecule has 2 aliphatic carbocycles. The van der Waals surface area contributed by atoms with Gasteiger partial charge in [-0.3, -0.25) is 0 Å². The summed E-state index contributed by atoms with van der Waals surface area (Å²) in [6.07, 6.45) is 6.20. The lowest BCUT2D eigenvalue weighted by molar-refractivity contribution is 0.0181. The molecule has 0 heterocycles. The van der Waals surface area contributed by atoms with Gasteiger partial charge in [0.25, 0.3) is 0 Å². The number of carbonyl (C=O) groups excluding carboxylic acids is 2. The van der Waals surface area contributed by atoms with Crippen molar-refractivity contribution >= 4 is 55.7 Å². The summed E-state index contributed by atoms with van der Waals surface area (Å²) in [7, 11) is 0. The molecule has 4 nitrogen and oxygen atoms in total. The van der Waals surface area contributed by atoms with Crippen LogP contribution in [-0.2, 0) is 9.47 Å². The Hall–Kier alpha value is -2.96. The normalized spacial score (nSPS) is 24.7. The number of benzene rings is 4. The van der Waals surface area contributed by atoms with Crippen LogP contribution in [0, 0.1) is 35.5 Å². The first-order chi connectivity index (χ1) is 23.1. The molecule has 0 unspecified atom stereocenters. The van der Waals surface area contributed by atoms with Gasteiger partial charge < -0.3 is 9.47 Å². The predicted octanol–water partition coefficient (Wildman–Crippen LogP) is 13.0. The van der Waals surface area contributed by atoms with Crippen LogP contribution in [0.5, 0.6) is 0 Å². The lowest BCUT2D eigenvalue weighted by atomic mass is 9.75. The molecule has 0 amide bonds. The Labute approximate surface area is 295 Å². The second kappa shape index (κ2) is 15.3. The largest absolute Gasteiger partial charge is 0.454 e. The van der Waals surface area contributed by atoms with Gasteiger partial charge in [-0.2, -0.15) is 0 Å². The van der Waals surface area contributed by atoms with Gasteiger partial charge in [-0.15, -0.1) is 0 Å². The van der Waals surface area contributed by atoms with Crippen molar-refractivity contribution in [3.05, 3.63) is 72.8 Å². The number of carbonyl (C=O) groups is 2. The van der Waals surface area contributed by atoms with Crippen LogP contribution in [0.25, 0.3) is 32.7 Å². The van der Waals surface area contributed by atoms with Crippen LogP contribution in [-0.4, -0.2) is 22.8 Å². The Balaban J connectivity index is 1.39. The third-order valence-corrected chi connectivity index (χ3v) is 12.5. The highest BCUT2D eigenvalue weighted by molar-refractivity contribution is 8.13. The Bertz CT molecular complexity index is 1630. The number of thioether (sulfide) groups is 2. The Morgan fingerprint density at radius 2 is 0.979 bits per heavy atom. The number of hydrogen-bond acceptors (Lipinski definition) is 6. The zero-order chi connectivity index (χ0) is 33.9. The van der Waals surface area contributed by atoms with Crippen LogP contribution >= 0.6 is 23.5 Å². The third kappa shape index (κ3) is 7.75. The van der Waals surface area contributed by atoms with E-state index in [4.69, 9.17) is 9.47 Å². The molecule has 0 aromatic heterocycles. The van der Waals surface area contributed by atoms with E-state index in [1.165, 1.54) is 36.4 Å². The quantitative estimate of drug-likeness (QED) is 0.143. The molecule has 6 atom stereocenters. The highest BCUT2D eigenvalue weighted by Crippen LogP contribution is 2.47. The van der Waals surface area contributed by atoms with E-state index in [9.17, 15) is 9.59 Å². The van der Waals surface area contributed by atoms with Crippen molar-refractivity contribution in [2.24, 2.45) is 35.5 Å². The Morgan fingerprint density at radius 1 is 0.583 bits per heavy atom. The average molecular weight is 683 g/mol. The maximum atomic E-state index is 13.8. The Kier molecular flexibility index (Phi) is 11.1. The first-order valence-corrected chi connectivity index (χ1v) is 19.5. The first-order valence-electron chi connectivity index (χ1n) is 17.9. The van der Waals surface area contributed by atoms with E-state index in [0.29, 0.717) is 35.5 Å². The second-order valence-electron chi connectivity index (χ2n) is 15.0. The molecule has 0 radical (unpaired) electrons. The molecule has 0 N–H and O–H groups in total. The topological polar surface area (TPSA) is 52.6 Å². The van der Waals surface area contributed by atoms with Crippen LogP contribution in [0.2, 0.25) is 0 Å². The minimum absolute atomic E-state index is 0.0757. The smallest absolute Gasteiger partial charge is 0.372 e. The fourth-order valence-corrected chi connectivity index (χ4v) is 9.77.